The van der Waals surface area contributed by atoms with Crippen LogP contribution in [0.3, 0.4) is 0 Å². The molecule has 2 aromatic carbocycles. The summed E-state index contributed by atoms with van der Waals surface area (Å²) in [6.45, 7) is 2.80. The predicted molar refractivity (Wildman–Crippen MR) is 150 cm³/mol. The van der Waals surface area contributed by atoms with Crippen LogP contribution >= 0.6 is 35.6 Å². The average Bonchev–Trinajstić information content (AvgIpc) is 3.17. The molecular formula is C27H30ClN3O3S2. The molecule has 0 radical (unpaired) electrons. The van der Waals surface area contributed by atoms with Gasteiger partial charge >= 0.3 is 0 Å². The lowest BCUT2D eigenvalue weighted by Gasteiger charge is -2.35. The summed E-state index contributed by atoms with van der Waals surface area (Å²) in [6.07, 6.45) is 5.56. The molecule has 36 heavy (non-hydrogen) atoms. The van der Waals surface area contributed by atoms with Crippen molar-refractivity contribution in [1.82, 2.24) is 15.1 Å². The number of nitrogens with zero attached hydrogens (tertiary/aromatic N) is 2. The summed E-state index contributed by atoms with van der Waals surface area (Å²) in [5, 5.41) is 3.73. The number of thiocarbonyl (C=S) groups is 1. The molecule has 0 aliphatic carbocycles. The molecule has 2 fully saturated rings. The number of nitrogens with one attached hydrogen (secondary N) is 1. The van der Waals surface area contributed by atoms with Gasteiger partial charge in [0.2, 0.25) is 5.91 Å². The van der Waals surface area contributed by atoms with Gasteiger partial charge in [-0.1, -0.05) is 66.3 Å². The maximum atomic E-state index is 12.9. The van der Waals surface area contributed by atoms with Gasteiger partial charge in [0.25, 0.3) is 5.91 Å². The first-order valence-corrected chi connectivity index (χ1v) is 13.7. The molecule has 1 N–H and O–H groups in total. The highest BCUT2D eigenvalue weighted by molar-refractivity contribution is 8.26. The highest BCUT2D eigenvalue weighted by Gasteiger charge is 2.32. The summed E-state index contributed by atoms with van der Waals surface area (Å²) in [6, 6.07) is 15.4. The second-order valence-corrected chi connectivity index (χ2v) is 10.9. The molecular weight excluding hydrogens is 514 g/mol. The lowest BCUT2D eigenvalue weighted by Crippen LogP contribution is -2.41. The SMILES string of the molecule is COc1ccc(C(CNC(=O)CCN2C(=O)/C(=C/c3ccc(Cl)cc3)SC2=S)N2CCCCC2)cc1. The number of ether oxygens (including phenoxy) is 1. The first-order chi connectivity index (χ1) is 17.4. The van der Waals surface area contributed by atoms with Crippen LogP contribution in [-0.4, -0.2) is 59.2 Å². The Morgan fingerprint density at radius 1 is 1.14 bits per heavy atom. The zero-order chi connectivity index (χ0) is 25.5. The minimum absolute atomic E-state index is 0.0961. The van der Waals surface area contributed by atoms with Gasteiger partial charge in [0.15, 0.2) is 0 Å². The average molecular weight is 544 g/mol. The van der Waals surface area contributed by atoms with E-state index in [0.29, 0.717) is 20.8 Å². The lowest BCUT2D eigenvalue weighted by atomic mass is 10.0. The summed E-state index contributed by atoms with van der Waals surface area (Å²) >= 11 is 12.6. The van der Waals surface area contributed by atoms with Crippen LogP contribution in [0, 0.1) is 0 Å². The monoisotopic (exact) mass is 543 g/mol. The number of halogens is 1. The van der Waals surface area contributed by atoms with Crippen LogP contribution in [0.15, 0.2) is 53.4 Å². The Labute approximate surface area is 227 Å². The van der Waals surface area contributed by atoms with E-state index in [0.717, 1.165) is 30.0 Å². The largest absolute Gasteiger partial charge is 0.497 e. The van der Waals surface area contributed by atoms with E-state index < -0.39 is 0 Å². The van der Waals surface area contributed by atoms with Gasteiger partial charge in [0, 0.05) is 24.5 Å². The molecule has 1 unspecified atom stereocenters. The summed E-state index contributed by atoms with van der Waals surface area (Å²) < 4.78 is 5.77. The molecule has 9 heteroatoms. The number of methoxy groups -OCH3 is 1. The van der Waals surface area contributed by atoms with Gasteiger partial charge in [-0.15, -0.1) is 0 Å². The molecule has 2 aromatic rings. The third-order valence-electron chi connectivity index (χ3n) is 6.43. The smallest absolute Gasteiger partial charge is 0.266 e. The second kappa shape index (κ2) is 12.7. The van der Waals surface area contributed by atoms with E-state index in [-0.39, 0.29) is 30.8 Å². The minimum atomic E-state index is -0.169. The van der Waals surface area contributed by atoms with Gasteiger partial charge < -0.3 is 10.1 Å². The first-order valence-electron chi connectivity index (χ1n) is 12.1. The van der Waals surface area contributed by atoms with Crippen LogP contribution in [0.25, 0.3) is 6.08 Å². The fourth-order valence-corrected chi connectivity index (χ4v) is 5.86. The maximum absolute atomic E-state index is 12.9. The normalized spacial score (nSPS) is 18.5. The van der Waals surface area contributed by atoms with Crippen LogP contribution in [-0.2, 0) is 9.59 Å². The Kier molecular flexibility index (Phi) is 9.42. The van der Waals surface area contributed by atoms with E-state index in [1.165, 1.54) is 35.9 Å². The summed E-state index contributed by atoms with van der Waals surface area (Å²) in [5.74, 6) is 0.548. The number of thioether (sulfide) groups is 1. The minimum Gasteiger partial charge on any atom is -0.497 e. The Morgan fingerprint density at radius 3 is 2.50 bits per heavy atom. The van der Waals surface area contributed by atoms with E-state index in [1.54, 1.807) is 25.3 Å². The zero-order valence-electron chi connectivity index (χ0n) is 20.2. The highest BCUT2D eigenvalue weighted by atomic mass is 35.5. The third-order valence-corrected chi connectivity index (χ3v) is 8.06. The van der Waals surface area contributed by atoms with Crippen LogP contribution in [0.2, 0.25) is 5.02 Å². The van der Waals surface area contributed by atoms with E-state index in [9.17, 15) is 9.59 Å². The quantitative estimate of drug-likeness (QED) is 0.343. The van der Waals surface area contributed by atoms with E-state index in [1.807, 2.05) is 24.3 Å². The molecule has 2 heterocycles. The number of benzene rings is 2. The van der Waals surface area contributed by atoms with E-state index >= 15 is 0 Å². The van der Waals surface area contributed by atoms with Crippen LogP contribution < -0.4 is 10.1 Å². The van der Waals surface area contributed by atoms with Crippen molar-refractivity contribution in [3.63, 3.8) is 0 Å². The van der Waals surface area contributed by atoms with Crippen molar-refractivity contribution < 1.29 is 14.3 Å². The third kappa shape index (κ3) is 6.88. The number of piperidine rings is 1. The number of carbonyl (C=O) groups is 2. The molecule has 190 valence electrons. The van der Waals surface area contributed by atoms with Gasteiger partial charge in [-0.3, -0.25) is 19.4 Å². The van der Waals surface area contributed by atoms with E-state index in [2.05, 4.69) is 22.3 Å². The number of amides is 2. The van der Waals surface area contributed by atoms with Crippen molar-refractivity contribution >= 4 is 57.8 Å². The molecule has 0 aromatic heterocycles. The summed E-state index contributed by atoms with van der Waals surface area (Å²) in [7, 11) is 1.66. The highest BCUT2D eigenvalue weighted by Crippen LogP contribution is 2.33. The summed E-state index contributed by atoms with van der Waals surface area (Å²) in [5.41, 5.74) is 2.03. The predicted octanol–water partition coefficient (Wildman–Crippen LogP) is 5.28. The number of rotatable bonds is 9. The number of likely N-dealkylation sites (tertiary alicyclic amines) is 1. The van der Waals surface area contributed by atoms with Gasteiger partial charge in [-0.25, -0.2) is 0 Å². The molecule has 0 spiro atoms. The summed E-state index contributed by atoms with van der Waals surface area (Å²) in [4.78, 5) is 30.2. The molecule has 2 aliphatic heterocycles. The van der Waals surface area contributed by atoms with Crippen LogP contribution in [0.4, 0.5) is 0 Å². The number of carbonyl (C=O) groups excluding carboxylic acids is 2. The Hall–Kier alpha value is -2.39. The molecule has 2 saturated heterocycles. The van der Waals surface area contributed by atoms with Gasteiger partial charge in [0.1, 0.15) is 10.1 Å². The Morgan fingerprint density at radius 2 is 1.83 bits per heavy atom. The van der Waals surface area contributed by atoms with Crippen molar-refractivity contribution in [2.75, 3.05) is 33.3 Å². The fourth-order valence-electron chi connectivity index (χ4n) is 4.43. The van der Waals surface area contributed by atoms with Gasteiger partial charge in [-0.05, 0) is 67.4 Å². The molecule has 4 rings (SSSR count). The Balaban J connectivity index is 1.34. The maximum Gasteiger partial charge on any atom is 0.266 e. The van der Waals surface area contributed by atoms with Gasteiger partial charge in [-0.2, -0.15) is 0 Å². The molecule has 6 nitrogen and oxygen atoms in total. The molecule has 0 saturated carbocycles. The van der Waals surface area contributed by atoms with Crippen LogP contribution in [0.5, 0.6) is 5.75 Å². The van der Waals surface area contributed by atoms with Crippen molar-refractivity contribution in [3.8, 4) is 5.75 Å². The number of hydrogen-bond donors (Lipinski definition) is 1. The zero-order valence-corrected chi connectivity index (χ0v) is 22.6. The topological polar surface area (TPSA) is 61.9 Å². The molecule has 2 amide bonds. The van der Waals surface area contributed by atoms with Crippen molar-refractivity contribution in [2.45, 2.75) is 31.7 Å². The van der Waals surface area contributed by atoms with Crippen molar-refractivity contribution in [3.05, 3.63) is 69.6 Å². The molecule has 1 atom stereocenters. The van der Waals surface area contributed by atoms with Gasteiger partial charge in [0.05, 0.1) is 18.1 Å². The number of hydrogen-bond acceptors (Lipinski definition) is 6. The second-order valence-electron chi connectivity index (χ2n) is 8.82. The molecule has 0 bridgehead atoms. The van der Waals surface area contributed by atoms with E-state index in [4.69, 9.17) is 28.6 Å². The standard InChI is InChI=1S/C27H30ClN3O3S2/c1-34-22-11-7-20(8-12-22)23(30-14-3-2-4-15-30)18-29-25(32)13-16-31-26(33)24(36-27(31)35)17-19-5-9-21(28)10-6-19/h5-12,17,23H,2-4,13-16,18H2,1H3,(H,29,32)/b24-17-. The Bertz CT molecular complexity index is 1120. The van der Waals surface area contributed by atoms with Crippen LogP contribution in [0.1, 0.15) is 42.9 Å². The van der Waals surface area contributed by atoms with Crippen molar-refractivity contribution in [1.29, 1.82) is 0 Å². The first kappa shape index (κ1) is 26.7. The molecule has 2 aliphatic rings. The lowest BCUT2D eigenvalue weighted by molar-refractivity contribution is -0.124. The van der Waals surface area contributed by atoms with Crippen molar-refractivity contribution in [2.24, 2.45) is 0 Å². The fraction of sp³-hybridized carbons (Fsp3) is 0.370.